The molecule has 0 radical (unpaired) electrons. The van der Waals surface area contributed by atoms with Crippen LogP contribution in [-0.2, 0) is 4.79 Å². The quantitative estimate of drug-likeness (QED) is 0.720. The van der Waals surface area contributed by atoms with Crippen LogP contribution >= 0.6 is 0 Å². The summed E-state index contributed by atoms with van der Waals surface area (Å²) in [4.78, 5) is 32.1. The van der Waals surface area contributed by atoms with Crippen LogP contribution in [0, 0.1) is 0 Å². The zero-order valence-electron chi connectivity index (χ0n) is 13.5. The van der Waals surface area contributed by atoms with Gasteiger partial charge < -0.3 is 14.7 Å². The number of ketones is 1. The van der Waals surface area contributed by atoms with E-state index in [0.717, 1.165) is 43.9 Å². The molecule has 0 spiro atoms. The number of rotatable bonds is 9. The van der Waals surface area contributed by atoms with Gasteiger partial charge in [-0.25, -0.2) is 4.98 Å². The average Bonchev–Trinajstić information content (AvgIpc) is 2.54. The summed E-state index contributed by atoms with van der Waals surface area (Å²) >= 11 is 0. The Hall–Kier alpha value is -2.43. The largest absolute Gasteiger partial charge is 0.348 e. The third kappa shape index (κ3) is 5.70. The summed E-state index contributed by atoms with van der Waals surface area (Å²) in [6.07, 6.45) is 8.08. The number of aromatic nitrogens is 2. The lowest BCUT2D eigenvalue weighted by atomic mass is 10.1. The van der Waals surface area contributed by atoms with E-state index in [4.69, 9.17) is 0 Å². The smallest absolute Gasteiger partial charge is 0.183 e. The van der Waals surface area contributed by atoms with Gasteiger partial charge in [0, 0.05) is 37.5 Å². The third-order valence-corrected chi connectivity index (χ3v) is 3.63. The molecule has 2 rings (SSSR count). The maximum absolute atomic E-state index is 11.6. The summed E-state index contributed by atoms with van der Waals surface area (Å²) in [6.45, 7) is 2.41. The summed E-state index contributed by atoms with van der Waals surface area (Å²) in [5.74, 6) is 1.82. The van der Waals surface area contributed by atoms with Crippen LogP contribution in [0.15, 0.2) is 47.5 Å². The van der Waals surface area contributed by atoms with E-state index in [0.29, 0.717) is 6.42 Å². The first kappa shape index (κ1) is 16.9. The minimum atomic E-state index is -0.0267. The third-order valence-electron chi connectivity index (χ3n) is 3.63. The SMILES string of the molecule is CC(=O)CCCCCCN(c1ccccn1)c1cc(=O)cc[nH]1. The van der Waals surface area contributed by atoms with Gasteiger partial charge >= 0.3 is 0 Å². The van der Waals surface area contributed by atoms with Crippen molar-refractivity contribution in [2.24, 2.45) is 0 Å². The van der Waals surface area contributed by atoms with E-state index in [9.17, 15) is 9.59 Å². The number of hydrogen-bond acceptors (Lipinski definition) is 4. The first-order valence-corrected chi connectivity index (χ1v) is 8.03. The molecule has 0 aromatic carbocycles. The van der Waals surface area contributed by atoms with E-state index in [1.165, 1.54) is 6.07 Å². The summed E-state index contributed by atoms with van der Waals surface area (Å²) in [7, 11) is 0. The monoisotopic (exact) mass is 313 g/mol. The molecule has 2 aromatic rings. The summed E-state index contributed by atoms with van der Waals surface area (Å²) in [5, 5.41) is 0. The van der Waals surface area contributed by atoms with Crippen molar-refractivity contribution in [3.8, 4) is 0 Å². The molecule has 0 aliphatic heterocycles. The van der Waals surface area contributed by atoms with E-state index in [2.05, 4.69) is 9.97 Å². The predicted molar refractivity (Wildman–Crippen MR) is 92.1 cm³/mol. The highest BCUT2D eigenvalue weighted by Gasteiger charge is 2.10. The maximum Gasteiger partial charge on any atom is 0.183 e. The lowest BCUT2D eigenvalue weighted by Crippen LogP contribution is -2.22. The summed E-state index contributed by atoms with van der Waals surface area (Å²) in [5.41, 5.74) is -0.0267. The average molecular weight is 313 g/mol. The number of carbonyl (C=O) groups is 1. The molecule has 5 nitrogen and oxygen atoms in total. The van der Waals surface area contributed by atoms with Gasteiger partial charge in [0.05, 0.1) is 0 Å². The highest BCUT2D eigenvalue weighted by Crippen LogP contribution is 2.20. The van der Waals surface area contributed by atoms with Crippen molar-refractivity contribution in [3.05, 3.63) is 52.9 Å². The number of Topliss-reactive ketones (excluding diaryl/α,β-unsaturated/α-hetero) is 1. The molecule has 0 fully saturated rings. The molecule has 23 heavy (non-hydrogen) atoms. The Morgan fingerprint density at radius 1 is 1.17 bits per heavy atom. The second-order valence-electron chi connectivity index (χ2n) is 5.62. The van der Waals surface area contributed by atoms with Gasteiger partial charge in [-0.2, -0.15) is 0 Å². The fraction of sp³-hybridized carbons (Fsp3) is 0.389. The maximum atomic E-state index is 11.6. The van der Waals surface area contributed by atoms with E-state index in [1.54, 1.807) is 25.4 Å². The fourth-order valence-corrected chi connectivity index (χ4v) is 2.46. The summed E-state index contributed by atoms with van der Waals surface area (Å²) < 4.78 is 0. The standard InChI is InChI=1S/C18H23N3O2/c1-15(22)8-4-2-3-7-13-21(17-9-5-6-11-19-17)18-14-16(23)10-12-20-18/h5-6,9-12,14H,2-4,7-8,13H2,1H3,(H,20,23). The number of unbranched alkanes of at least 4 members (excludes halogenated alkanes) is 3. The van der Waals surface area contributed by atoms with Crippen LogP contribution in [0.2, 0.25) is 0 Å². The van der Waals surface area contributed by atoms with Crippen molar-refractivity contribution in [2.45, 2.75) is 39.0 Å². The molecule has 2 heterocycles. The number of aromatic amines is 1. The Balaban J connectivity index is 1.98. The van der Waals surface area contributed by atoms with Gasteiger partial charge in [-0.3, -0.25) is 4.79 Å². The number of carbonyl (C=O) groups excluding carboxylic acids is 1. The fourth-order valence-electron chi connectivity index (χ4n) is 2.46. The first-order chi connectivity index (χ1) is 11.2. The molecule has 0 aliphatic rings. The molecule has 0 atom stereocenters. The van der Waals surface area contributed by atoms with Gasteiger partial charge in [0.1, 0.15) is 17.4 Å². The van der Waals surface area contributed by atoms with Crippen LogP contribution in [0.1, 0.15) is 39.0 Å². The molecule has 0 saturated heterocycles. The second kappa shape index (κ2) is 8.88. The predicted octanol–water partition coefficient (Wildman–Crippen LogP) is 3.45. The second-order valence-corrected chi connectivity index (χ2v) is 5.62. The van der Waals surface area contributed by atoms with Crippen LogP contribution in [0.25, 0.3) is 0 Å². The van der Waals surface area contributed by atoms with E-state index in [-0.39, 0.29) is 11.2 Å². The van der Waals surface area contributed by atoms with Crippen molar-refractivity contribution >= 4 is 17.4 Å². The topological polar surface area (TPSA) is 66.1 Å². The zero-order chi connectivity index (χ0) is 16.5. The lowest BCUT2D eigenvalue weighted by molar-refractivity contribution is -0.117. The Kier molecular flexibility index (Phi) is 6.54. The molecule has 0 amide bonds. The number of nitrogens with one attached hydrogen (secondary N) is 1. The normalized spacial score (nSPS) is 10.5. The molecule has 0 unspecified atom stereocenters. The molecule has 122 valence electrons. The highest BCUT2D eigenvalue weighted by atomic mass is 16.1. The Bertz CT molecular complexity index is 667. The molecular formula is C18H23N3O2. The molecule has 0 aliphatic carbocycles. The van der Waals surface area contributed by atoms with Crippen LogP contribution in [0.4, 0.5) is 11.6 Å². The van der Waals surface area contributed by atoms with Gasteiger partial charge in [0.15, 0.2) is 5.43 Å². The molecule has 0 saturated carbocycles. The molecule has 1 N–H and O–H groups in total. The van der Waals surface area contributed by atoms with Gasteiger partial charge in [0.25, 0.3) is 0 Å². The van der Waals surface area contributed by atoms with E-state index < -0.39 is 0 Å². The zero-order valence-corrected chi connectivity index (χ0v) is 13.5. The number of hydrogen-bond donors (Lipinski definition) is 1. The van der Waals surface area contributed by atoms with Crippen LogP contribution in [0.3, 0.4) is 0 Å². The molecule has 2 aromatic heterocycles. The van der Waals surface area contributed by atoms with E-state index >= 15 is 0 Å². The van der Waals surface area contributed by atoms with Crippen molar-refractivity contribution in [1.29, 1.82) is 0 Å². The Morgan fingerprint density at radius 3 is 2.70 bits per heavy atom. The van der Waals surface area contributed by atoms with Gasteiger partial charge in [-0.1, -0.05) is 18.9 Å². The van der Waals surface area contributed by atoms with Gasteiger partial charge in [-0.05, 0) is 31.9 Å². The van der Waals surface area contributed by atoms with E-state index in [1.807, 2.05) is 23.1 Å². The minimum absolute atomic E-state index is 0.0267. The Morgan fingerprint density at radius 2 is 2.00 bits per heavy atom. The number of nitrogens with zero attached hydrogens (tertiary/aromatic N) is 2. The summed E-state index contributed by atoms with van der Waals surface area (Å²) in [6, 6.07) is 8.83. The number of H-pyrrole nitrogens is 1. The Labute approximate surface area is 136 Å². The lowest BCUT2D eigenvalue weighted by Gasteiger charge is -2.23. The highest BCUT2D eigenvalue weighted by molar-refractivity contribution is 5.75. The van der Waals surface area contributed by atoms with Crippen molar-refractivity contribution in [2.75, 3.05) is 11.4 Å². The first-order valence-electron chi connectivity index (χ1n) is 8.03. The van der Waals surface area contributed by atoms with Crippen molar-refractivity contribution in [1.82, 2.24) is 9.97 Å². The molecule has 5 heteroatoms. The van der Waals surface area contributed by atoms with Crippen LogP contribution in [0.5, 0.6) is 0 Å². The molecular weight excluding hydrogens is 290 g/mol. The number of anilines is 2. The van der Waals surface area contributed by atoms with Crippen LogP contribution in [-0.4, -0.2) is 22.3 Å². The van der Waals surface area contributed by atoms with Gasteiger partial charge in [-0.15, -0.1) is 0 Å². The number of pyridine rings is 2. The molecule has 0 bridgehead atoms. The van der Waals surface area contributed by atoms with Crippen LogP contribution < -0.4 is 10.3 Å². The van der Waals surface area contributed by atoms with Crippen molar-refractivity contribution in [3.63, 3.8) is 0 Å². The van der Waals surface area contributed by atoms with Gasteiger partial charge in [0.2, 0.25) is 0 Å². The van der Waals surface area contributed by atoms with Crippen molar-refractivity contribution < 1.29 is 4.79 Å². The minimum Gasteiger partial charge on any atom is -0.348 e.